The first-order valence-corrected chi connectivity index (χ1v) is 5.84. The molecule has 1 aromatic heterocycles. The number of halogens is 1. The van der Waals surface area contributed by atoms with Gasteiger partial charge in [-0.05, 0) is 18.6 Å². The third-order valence-corrected chi connectivity index (χ3v) is 2.84. The zero-order valence-electron chi connectivity index (χ0n) is 8.52. The Bertz CT molecular complexity index is 420. The minimum Gasteiger partial charge on any atom is -0.256 e. The maximum atomic E-state index is 4.44. The average molecular weight is 262 g/mol. The fourth-order valence-corrected chi connectivity index (χ4v) is 1.69. The number of nitrogens with zero attached hydrogens (tertiary/aromatic N) is 1. The molecule has 0 saturated heterocycles. The van der Waals surface area contributed by atoms with Crippen LogP contribution < -0.4 is 0 Å². The molecule has 0 saturated carbocycles. The van der Waals surface area contributed by atoms with Crippen LogP contribution in [-0.4, -0.2) is 4.98 Å². The zero-order valence-corrected chi connectivity index (χ0v) is 10.1. The van der Waals surface area contributed by atoms with E-state index in [2.05, 4.69) is 52.1 Å². The molecule has 0 amide bonds. The molecule has 2 rings (SSSR count). The van der Waals surface area contributed by atoms with Crippen molar-refractivity contribution in [2.75, 3.05) is 0 Å². The van der Waals surface area contributed by atoms with Gasteiger partial charge in [0, 0.05) is 16.6 Å². The first-order chi connectivity index (χ1) is 7.27. The second-order valence-corrected chi connectivity index (χ2v) is 4.83. The van der Waals surface area contributed by atoms with Crippen molar-refractivity contribution < 1.29 is 0 Å². The van der Waals surface area contributed by atoms with Gasteiger partial charge in [0.15, 0.2) is 0 Å². The normalized spacial score (nSPS) is 12.4. The number of alkyl halides is 1. The summed E-state index contributed by atoms with van der Waals surface area (Å²) in [5.41, 5.74) is 3.38. The van der Waals surface area contributed by atoms with E-state index in [-0.39, 0.29) is 0 Å². The average Bonchev–Trinajstić information content (AvgIpc) is 2.30. The summed E-state index contributed by atoms with van der Waals surface area (Å²) >= 11 is 3.52. The lowest BCUT2D eigenvalue weighted by atomic mass is 10.1. The number of hydrogen-bond acceptors (Lipinski definition) is 1. The van der Waals surface area contributed by atoms with Gasteiger partial charge >= 0.3 is 0 Å². The standard InChI is InChI=1S/C13H12BrN/c1-10(14)12-7-8-13(15-9-12)11-5-3-2-4-6-11/h2-10H,1H3. The van der Waals surface area contributed by atoms with Crippen molar-refractivity contribution in [1.29, 1.82) is 0 Å². The molecule has 2 heteroatoms. The Labute approximate surface area is 98.3 Å². The lowest BCUT2D eigenvalue weighted by molar-refractivity contribution is 1.09. The van der Waals surface area contributed by atoms with E-state index in [0.29, 0.717) is 4.83 Å². The van der Waals surface area contributed by atoms with Crippen LogP contribution >= 0.6 is 15.9 Å². The molecule has 1 aromatic carbocycles. The Morgan fingerprint density at radius 3 is 2.33 bits per heavy atom. The smallest absolute Gasteiger partial charge is 0.0702 e. The SMILES string of the molecule is CC(Br)c1ccc(-c2ccccc2)nc1. The molecule has 2 aromatic rings. The van der Waals surface area contributed by atoms with Crippen LogP contribution in [0.25, 0.3) is 11.3 Å². The van der Waals surface area contributed by atoms with Gasteiger partial charge in [-0.25, -0.2) is 0 Å². The van der Waals surface area contributed by atoms with Crippen LogP contribution in [0.3, 0.4) is 0 Å². The van der Waals surface area contributed by atoms with Gasteiger partial charge in [-0.1, -0.05) is 52.3 Å². The molecular weight excluding hydrogens is 250 g/mol. The van der Waals surface area contributed by atoms with Crippen LogP contribution in [0.2, 0.25) is 0 Å². The third-order valence-electron chi connectivity index (χ3n) is 2.32. The molecular formula is C13H12BrN. The fourth-order valence-electron chi connectivity index (χ4n) is 1.42. The van der Waals surface area contributed by atoms with Crippen molar-refractivity contribution in [3.8, 4) is 11.3 Å². The molecule has 1 unspecified atom stereocenters. The highest BCUT2D eigenvalue weighted by Crippen LogP contribution is 2.23. The number of aromatic nitrogens is 1. The highest BCUT2D eigenvalue weighted by Gasteiger charge is 2.02. The van der Waals surface area contributed by atoms with Gasteiger partial charge in [0.1, 0.15) is 0 Å². The maximum Gasteiger partial charge on any atom is 0.0702 e. The van der Waals surface area contributed by atoms with E-state index in [1.165, 1.54) is 5.56 Å². The summed E-state index contributed by atoms with van der Waals surface area (Å²) in [6.07, 6.45) is 1.92. The number of rotatable bonds is 2. The minimum absolute atomic E-state index is 0.356. The molecule has 0 bridgehead atoms. The Morgan fingerprint density at radius 2 is 1.80 bits per heavy atom. The quantitative estimate of drug-likeness (QED) is 0.739. The summed E-state index contributed by atoms with van der Waals surface area (Å²) in [5.74, 6) is 0. The summed E-state index contributed by atoms with van der Waals surface area (Å²) in [6, 6.07) is 14.4. The lowest BCUT2D eigenvalue weighted by Crippen LogP contribution is -1.87. The van der Waals surface area contributed by atoms with Gasteiger partial charge in [0.05, 0.1) is 5.69 Å². The first-order valence-electron chi connectivity index (χ1n) is 4.93. The molecule has 0 spiro atoms. The van der Waals surface area contributed by atoms with Crippen LogP contribution in [0, 0.1) is 0 Å². The second kappa shape index (κ2) is 4.58. The van der Waals surface area contributed by atoms with Crippen LogP contribution in [0.15, 0.2) is 48.7 Å². The number of benzene rings is 1. The van der Waals surface area contributed by atoms with Crippen molar-refractivity contribution in [1.82, 2.24) is 4.98 Å². The molecule has 1 nitrogen and oxygen atoms in total. The largest absolute Gasteiger partial charge is 0.256 e. The Morgan fingerprint density at radius 1 is 1.07 bits per heavy atom. The van der Waals surface area contributed by atoms with Gasteiger partial charge in [0.2, 0.25) is 0 Å². The molecule has 0 radical (unpaired) electrons. The summed E-state index contributed by atoms with van der Waals surface area (Å²) in [6.45, 7) is 2.10. The Hall–Kier alpha value is -1.15. The molecule has 0 aliphatic heterocycles. The summed E-state index contributed by atoms with van der Waals surface area (Å²) in [5, 5.41) is 0. The molecule has 1 heterocycles. The van der Waals surface area contributed by atoms with Gasteiger partial charge < -0.3 is 0 Å². The van der Waals surface area contributed by atoms with Crippen molar-refractivity contribution in [3.63, 3.8) is 0 Å². The molecule has 15 heavy (non-hydrogen) atoms. The minimum atomic E-state index is 0.356. The predicted molar refractivity (Wildman–Crippen MR) is 67.0 cm³/mol. The number of hydrogen-bond donors (Lipinski definition) is 0. The third kappa shape index (κ3) is 2.45. The molecule has 0 aliphatic carbocycles. The van der Waals surface area contributed by atoms with Gasteiger partial charge in [-0.3, -0.25) is 4.98 Å². The highest BCUT2D eigenvalue weighted by molar-refractivity contribution is 9.09. The Kier molecular flexibility index (Phi) is 3.17. The van der Waals surface area contributed by atoms with E-state index in [0.717, 1.165) is 11.3 Å². The summed E-state index contributed by atoms with van der Waals surface area (Å²) in [7, 11) is 0. The predicted octanol–water partition coefficient (Wildman–Crippen LogP) is 4.20. The van der Waals surface area contributed by atoms with Gasteiger partial charge in [0.25, 0.3) is 0 Å². The Balaban J connectivity index is 2.32. The molecule has 0 aliphatic rings. The molecule has 0 N–H and O–H groups in total. The number of pyridine rings is 1. The van der Waals surface area contributed by atoms with Gasteiger partial charge in [-0.2, -0.15) is 0 Å². The van der Waals surface area contributed by atoms with Crippen molar-refractivity contribution in [2.24, 2.45) is 0 Å². The van der Waals surface area contributed by atoms with E-state index < -0.39 is 0 Å². The van der Waals surface area contributed by atoms with Crippen molar-refractivity contribution in [3.05, 3.63) is 54.2 Å². The fraction of sp³-hybridized carbons (Fsp3) is 0.154. The van der Waals surface area contributed by atoms with Crippen LogP contribution in [0.1, 0.15) is 17.3 Å². The zero-order chi connectivity index (χ0) is 10.7. The second-order valence-electron chi connectivity index (χ2n) is 3.46. The van der Waals surface area contributed by atoms with Crippen LogP contribution in [0.5, 0.6) is 0 Å². The van der Waals surface area contributed by atoms with Gasteiger partial charge in [-0.15, -0.1) is 0 Å². The summed E-state index contributed by atoms with van der Waals surface area (Å²) < 4.78 is 0. The van der Waals surface area contributed by atoms with E-state index in [9.17, 15) is 0 Å². The molecule has 0 fully saturated rings. The van der Waals surface area contributed by atoms with E-state index in [1.807, 2.05) is 24.4 Å². The molecule has 76 valence electrons. The summed E-state index contributed by atoms with van der Waals surface area (Å²) in [4.78, 5) is 4.80. The van der Waals surface area contributed by atoms with E-state index in [4.69, 9.17) is 0 Å². The topological polar surface area (TPSA) is 12.9 Å². The van der Waals surface area contributed by atoms with Crippen LogP contribution in [-0.2, 0) is 0 Å². The molecule has 1 atom stereocenters. The van der Waals surface area contributed by atoms with Crippen LogP contribution in [0.4, 0.5) is 0 Å². The highest BCUT2D eigenvalue weighted by atomic mass is 79.9. The van der Waals surface area contributed by atoms with Crippen molar-refractivity contribution >= 4 is 15.9 Å². The van der Waals surface area contributed by atoms with E-state index in [1.54, 1.807) is 0 Å². The maximum absolute atomic E-state index is 4.44. The first kappa shape index (κ1) is 10.4. The lowest BCUT2D eigenvalue weighted by Gasteiger charge is -2.04. The van der Waals surface area contributed by atoms with Crippen molar-refractivity contribution in [2.45, 2.75) is 11.8 Å². The van der Waals surface area contributed by atoms with E-state index >= 15 is 0 Å². The monoisotopic (exact) mass is 261 g/mol.